The van der Waals surface area contributed by atoms with Crippen molar-refractivity contribution in [1.82, 2.24) is 4.90 Å². The molecule has 0 bridgehead atoms. The number of anilines is 1. The van der Waals surface area contributed by atoms with Crippen LogP contribution in [0.25, 0.3) is 0 Å². The molecular formula is C13H15FN2O3. The number of para-hydroxylation sites is 1. The maximum atomic E-state index is 13.4. The molecule has 1 aliphatic rings. The molecule has 5 nitrogen and oxygen atoms in total. The third-order valence-corrected chi connectivity index (χ3v) is 3.17. The number of urea groups is 1. The average Bonchev–Trinajstić information content (AvgIpc) is 2.41. The van der Waals surface area contributed by atoms with Crippen LogP contribution in [0.3, 0.4) is 0 Å². The number of carbonyl (C=O) groups excluding carboxylic acids is 1. The van der Waals surface area contributed by atoms with E-state index in [1.807, 2.05) is 0 Å². The van der Waals surface area contributed by atoms with E-state index in [-0.39, 0.29) is 12.2 Å². The van der Waals surface area contributed by atoms with E-state index in [2.05, 4.69) is 5.32 Å². The van der Waals surface area contributed by atoms with Gasteiger partial charge in [-0.1, -0.05) is 12.1 Å². The Morgan fingerprint density at radius 1 is 1.37 bits per heavy atom. The van der Waals surface area contributed by atoms with Gasteiger partial charge in [0.15, 0.2) is 0 Å². The van der Waals surface area contributed by atoms with Crippen molar-refractivity contribution in [3.05, 3.63) is 30.1 Å². The van der Waals surface area contributed by atoms with Crippen LogP contribution in [0.4, 0.5) is 14.9 Å². The largest absolute Gasteiger partial charge is 0.481 e. The fraction of sp³-hybridized carbons (Fsp3) is 0.385. The first-order valence-electron chi connectivity index (χ1n) is 6.11. The number of hydrogen-bond donors (Lipinski definition) is 2. The number of carboxylic acid groups (broad SMARTS) is 1. The molecule has 0 radical (unpaired) electrons. The van der Waals surface area contributed by atoms with Gasteiger partial charge in [0.2, 0.25) is 0 Å². The number of rotatable bonds is 2. The number of carboxylic acids is 1. The van der Waals surface area contributed by atoms with Gasteiger partial charge in [0.05, 0.1) is 11.6 Å². The molecule has 2 rings (SSSR count). The van der Waals surface area contributed by atoms with Crippen LogP contribution < -0.4 is 5.32 Å². The second-order valence-electron chi connectivity index (χ2n) is 4.53. The van der Waals surface area contributed by atoms with Crippen molar-refractivity contribution in [2.75, 3.05) is 18.4 Å². The van der Waals surface area contributed by atoms with Crippen molar-refractivity contribution in [3.63, 3.8) is 0 Å². The number of benzene rings is 1. The molecule has 1 aromatic rings. The van der Waals surface area contributed by atoms with Crippen LogP contribution in [-0.4, -0.2) is 35.1 Å². The standard InChI is InChI=1S/C13H15FN2O3/c14-10-5-1-2-6-11(10)15-13(19)16-7-3-4-9(8-16)12(17)18/h1-2,5-6,9H,3-4,7-8H2,(H,15,19)(H,17,18)/t9-/m1/s1. The van der Waals surface area contributed by atoms with Crippen LogP contribution in [0.5, 0.6) is 0 Å². The van der Waals surface area contributed by atoms with E-state index in [9.17, 15) is 14.0 Å². The minimum atomic E-state index is -0.900. The number of nitrogens with zero attached hydrogens (tertiary/aromatic N) is 1. The van der Waals surface area contributed by atoms with Crippen LogP contribution in [0.1, 0.15) is 12.8 Å². The molecule has 2 amide bonds. The molecular weight excluding hydrogens is 251 g/mol. The molecule has 6 heteroatoms. The van der Waals surface area contributed by atoms with Gasteiger partial charge in [0, 0.05) is 13.1 Å². The predicted molar refractivity (Wildman–Crippen MR) is 67.4 cm³/mol. The lowest BCUT2D eigenvalue weighted by Crippen LogP contribution is -2.44. The minimum Gasteiger partial charge on any atom is -0.481 e. The molecule has 0 aliphatic carbocycles. The summed E-state index contributed by atoms with van der Waals surface area (Å²) in [5.41, 5.74) is 0.102. The van der Waals surface area contributed by atoms with Gasteiger partial charge in [-0.2, -0.15) is 0 Å². The van der Waals surface area contributed by atoms with Gasteiger partial charge < -0.3 is 15.3 Å². The molecule has 0 spiro atoms. The van der Waals surface area contributed by atoms with Gasteiger partial charge in [0.25, 0.3) is 0 Å². The number of piperidine rings is 1. The molecule has 102 valence electrons. The summed E-state index contributed by atoms with van der Waals surface area (Å²) in [7, 11) is 0. The van der Waals surface area contributed by atoms with Gasteiger partial charge in [-0.3, -0.25) is 4.79 Å². The summed E-state index contributed by atoms with van der Waals surface area (Å²) in [6, 6.07) is 5.41. The molecule has 1 aliphatic heterocycles. The Balaban J connectivity index is 2.00. The van der Waals surface area contributed by atoms with Crippen LogP contribution in [0.15, 0.2) is 24.3 Å². The highest BCUT2D eigenvalue weighted by molar-refractivity contribution is 5.89. The molecule has 0 saturated carbocycles. The molecule has 1 aromatic carbocycles. The highest BCUT2D eigenvalue weighted by atomic mass is 19.1. The Kier molecular flexibility index (Phi) is 3.99. The second kappa shape index (κ2) is 5.69. The third-order valence-electron chi connectivity index (χ3n) is 3.17. The lowest BCUT2D eigenvalue weighted by Gasteiger charge is -2.30. The number of amides is 2. The van der Waals surface area contributed by atoms with Crippen LogP contribution in [-0.2, 0) is 4.79 Å². The molecule has 1 saturated heterocycles. The second-order valence-corrected chi connectivity index (χ2v) is 4.53. The highest BCUT2D eigenvalue weighted by Gasteiger charge is 2.28. The Morgan fingerprint density at radius 2 is 2.11 bits per heavy atom. The number of aliphatic carboxylic acids is 1. The Labute approximate surface area is 110 Å². The fourth-order valence-corrected chi connectivity index (χ4v) is 2.12. The summed E-state index contributed by atoms with van der Waals surface area (Å²) in [4.78, 5) is 24.3. The molecule has 1 heterocycles. The molecule has 0 unspecified atom stereocenters. The number of hydrogen-bond acceptors (Lipinski definition) is 2. The molecule has 19 heavy (non-hydrogen) atoms. The van der Waals surface area contributed by atoms with Gasteiger partial charge in [-0.15, -0.1) is 0 Å². The number of likely N-dealkylation sites (tertiary alicyclic amines) is 1. The summed E-state index contributed by atoms with van der Waals surface area (Å²) in [6.45, 7) is 0.652. The maximum Gasteiger partial charge on any atom is 0.321 e. The van der Waals surface area contributed by atoms with Crippen molar-refractivity contribution < 1.29 is 19.1 Å². The van der Waals surface area contributed by atoms with E-state index in [0.717, 1.165) is 0 Å². The van der Waals surface area contributed by atoms with E-state index in [1.165, 1.54) is 23.1 Å². The van der Waals surface area contributed by atoms with Gasteiger partial charge in [-0.05, 0) is 25.0 Å². The average molecular weight is 266 g/mol. The lowest BCUT2D eigenvalue weighted by molar-refractivity contribution is -0.143. The molecule has 0 aromatic heterocycles. The van der Waals surface area contributed by atoms with E-state index >= 15 is 0 Å². The van der Waals surface area contributed by atoms with Crippen molar-refractivity contribution in [3.8, 4) is 0 Å². The fourth-order valence-electron chi connectivity index (χ4n) is 2.12. The van der Waals surface area contributed by atoms with Crippen molar-refractivity contribution >= 4 is 17.7 Å². The zero-order valence-electron chi connectivity index (χ0n) is 10.3. The first-order valence-corrected chi connectivity index (χ1v) is 6.11. The first kappa shape index (κ1) is 13.3. The number of carbonyl (C=O) groups is 2. The quantitative estimate of drug-likeness (QED) is 0.861. The summed E-state index contributed by atoms with van der Waals surface area (Å²) in [6.07, 6.45) is 1.21. The summed E-state index contributed by atoms with van der Waals surface area (Å²) in [5.74, 6) is -1.95. The van der Waals surface area contributed by atoms with Crippen molar-refractivity contribution in [2.45, 2.75) is 12.8 Å². The third kappa shape index (κ3) is 3.21. The molecule has 2 N–H and O–H groups in total. The number of nitrogens with one attached hydrogen (secondary N) is 1. The normalized spacial score (nSPS) is 19.0. The maximum absolute atomic E-state index is 13.4. The Morgan fingerprint density at radius 3 is 2.79 bits per heavy atom. The van der Waals surface area contributed by atoms with Gasteiger partial charge in [0.1, 0.15) is 5.82 Å². The Bertz CT molecular complexity index is 493. The summed E-state index contributed by atoms with van der Waals surface area (Å²) < 4.78 is 13.4. The summed E-state index contributed by atoms with van der Waals surface area (Å²) in [5, 5.41) is 11.4. The van der Waals surface area contributed by atoms with Crippen LogP contribution >= 0.6 is 0 Å². The summed E-state index contributed by atoms with van der Waals surface area (Å²) >= 11 is 0. The Hall–Kier alpha value is -2.11. The smallest absolute Gasteiger partial charge is 0.321 e. The molecule has 1 atom stereocenters. The number of halogens is 1. The SMILES string of the molecule is O=C(O)[C@@H]1CCCN(C(=O)Nc2ccccc2F)C1. The first-order chi connectivity index (χ1) is 9.08. The lowest BCUT2D eigenvalue weighted by atomic mass is 9.99. The van der Waals surface area contributed by atoms with Gasteiger partial charge >= 0.3 is 12.0 Å². The topological polar surface area (TPSA) is 69.6 Å². The zero-order valence-corrected chi connectivity index (χ0v) is 10.3. The molecule has 1 fully saturated rings. The predicted octanol–water partition coefficient (Wildman–Crippen LogP) is 2.15. The van der Waals surface area contributed by atoms with E-state index < -0.39 is 23.7 Å². The minimum absolute atomic E-state index is 0.102. The van der Waals surface area contributed by atoms with E-state index in [1.54, 1.807) is 6.07 Å². The van der Waals surface area contributed by atoms with Crippen LogP contribution in [0.2, 0.25) is 0 Å². The van der Waals surface area contributed by atoms with E-state index in [0.29, 0.717) is 19.4 Å². The highest BCUT2D eigenvalue weighted by Crippen LogP contribution is 2.19. The zero-order chi connectivity index (χ0) is 13.8. The van der Waals surface area contributed by atoms with Crippen LogP contribution in [0, 0.1) is 11.7 Å². The monoisotopic (exact) mass is 266 g/mol. The van der Waals surface area contributed by atoms with Gasteiger partial charge in [-0.25, -0.2) is 9.18 Å². The van der Waals surface area contributed by atoms with E-state index in [4.69, 9.17) is 5.11 Å². The van der Waals surface area contributed by atoms with Crippen molar-refractivity contribution in [2.24, 2.45) is 5.92 Å². The van der Waals surface area contributed by atoms with Crippen molar-refractivity contribution in [1.29, 1.82) is 0 Å².